The van der Waals surface area contributed by atoms with Crippen molar-refractivity contribution in [3.8, 4) is 0 Å². The smallest absolute Gasteiger partial charge is 0.0945 e. The first-order valence-corrected chi connectivity index (χ1v) is 15.1. The molecule has 0 aromatic heterocycles. The highest BCUT2D eigenvalue weighted by molar-refractivity contribution is 7.85. The summed E-state index contributed by atoms with van der Waals surface area (Å²) in [6.07, 6.45) is 1.41. The fourth-order valence-electron chi connectivity index (χ4n) is 4.54. The Morgan fingerprint density at radius 3 is 1.43 bits per heavy atom. The van der Waals surface area contributed by atoms with Crippen LogP contribution < -0.4 is 0 Å². The molecule has 6 heteroatoms. The lowest BCUT2D eigenvalue weighted by Crippen LogP contribution is -2.13. The van der Waals surface area contributed by atoms with Crippen molar-refractivity contribution in [3.63, 3.8) is 0 Å². The predicted octanol–water partition coefficient (Wildman–Crippen LogP) is 8.76. The summed E-state index contributed by atoms with van der Waals surface area (Å²) in [6.45, 7) is 19.4. The molecule has 0 radical (unpaired) electrons. The fraction of sp³-hybridized carbons (Fsp3) is 0.548. The van der Waals surface area contributed by atoms with Crippen LogP contribution in [0.5, 0.6) is 0 Å². The van der Waals surface area contributed by atoms with E-state index in [2.05, 4.69) is 91.8 Å². The topological polar surface area (TPSA) is 81.9 Å². The van der Waals surface area contributed by atoms with Gasteiger partial charge in [0.25, 0.3) is 0 Å². The van der Waals surface area contributed by atoms with Gasteiger partial charge in [-0.3, -0.25) is 9.98 Å². The summed E-state index contributed by atoms with van der Waals surface area (Å²) in [5.41, 5.74) is 8.42. The van der Waals surface area contributed by atoms with E-state index in [4.69, 9.17) is 9.98 Å². The molecule has 0 atom stereocenters. The van der Waals surface area contributed by atoms with Gasteiger partial charge in [0, 0.05) is 5.75 Å². The molecule has 37 heavy (non-hydrogen) atoms. The van der Waals surface area contributed by atoms with Crippen molar-refractivity contribution in [2.45, 2.75) is 105 Å². The van der Waals surface area contributed by atoms with Gasteiger partial charge in [-0.25, -0.2) is 8.42 Å². The van der Waals surface area contributed by atoms with E-state index in [-0.39, 0.29) is 5.75 Å². The zero-order valence-electron chi connectivity index (χ0n) is 24.1. The Hall–Kier alpha value is -2.31. The van der Waals surface area contributed by atoms with Crippen molar-refractivity contribution >= 4 is 32.9 Å². The quantitative estimate of drug-likeness (QED) is 0.158. The van der Waals surface area contributed by atoms with Crippen LogP contribution in [0, 0.1) is 0 Å². The first kappa shape index (κ1) is 30.9. The molecule has 0 heterocycles. The Morgan fingerprint density at radius 1 is 0.703 bits per heavy atom. The Bertz CT molecular complexity index is 1170. The SMILES string of the molecule is CC(=Nc1c(C(C)C)cccc1C(C)C)C(CCCCS(=O)(=O)[O-])=Nc1c(C(C)C)cccc1C(C)C. The van der Waals surface area contributed by atoms with Gasteiger partial charge >= 0.3 is 0 Å². The van der Waals surface area contributed by atoms with Gasteiger partial charge < -0.3 is 4.55 Å². The van der Waals surface area contributed by atoms with E-state index in [0.29, 0.717) is 42.9 Å². The molecule has 2 aromatic carbocycles. The fourth-order valence-corrected chi connectivity index (χ4v) is 5.10. The van der Waals surface area contributed by atoms with Gasteiger partial charge in [-0.1, -0.05) is 91.8 Å². The highest BCUT2D eigenvalue weighted by atomic mass is 32.2. The molecular weight excluding hydrogens is 480 g/mol. The summed E-state index contributed by atoms with van der Waals surface area (Å²) < 4.78 is 33.5. The highest BCUT2D eigenvalue weighted by Gasteiger charge is 2.18. The summed E-state index contributed by atoms with van der Waals surface area (Å²) in [4.78, 5) is 10.4. The van der Waals surface area contributed by atoms with Crippen molar-refractivity contribution in [1.29, 1.82) is 0 Å². The van der Waals surface area contributed by atoms with Crippen molar-refractivity contribution < 1.29 is 13.0 Å². The minimum absolute atomic E-state index is 0.302. The third-order valence-electron chi connectivity index (χ3n) is 6.69. The third-order valence-corrected chi connectivity index (χ3v) is 7.48. The highest BCUT2D eigenvalue weighted by Crippen LogP contribution is 2.37. The maximum absolute atomic E-state index is 11.2. The van der Waals surface area contributed by atoms with Crippen LogP contribution >= 0.6 is 0 Å². The summed E-state index contributed by atoms with van der Waals surface area (Å²) in [7, 11) is -4.24. The largest absolute Gasteiger partial charge is 0.748 e. The zero-order valence-corrected chi connectivity index (χ0v) is 24.9. The van der Waals surface area contributed by atoms with Gasteiger partial charge in [-0.2, -0.15) is 0 Å². The Kier molecular flexibility index (Phi) is 11.3. The Balaban J connectivity index is 2.71. The van der Waals surface area contributed by atoms with Crippen LogP contribution in [0.2, 0.25) is 0 Å². The van der Waals surface area contributed by atoms with Crippen molar-refractivity contribution in [2.75, 3.05) is 5.75 Å². The minimum Gasteiger partial charge on any atom is -0.748 e. The van der Waals surface area contributed by atoms with E-state index in [1.165, 1.54) is 22.3 Å². The molecule has 0 bridgehead atoms. The molecule has 204 valence electrons. The van der Waals surface area contributed by atoms with Crippen LogP contribution in [0.4, 0.5) is 11.4 Å². The van der Waals surface area contributed by atoms with Crippen LogP contribution in [-0.4, -0.2) is 30.1 Å². The molecule has 0 saturated heterocycles. The minimum atomic E-state index is -4.24. The predicted molar refractivity (Wildman–Crippen MR) is 158 cm³/mol. The average molecular weight is 526 g/mol. The summed E-state index contributed by atoms with van der Waals surface area (Å²) in [5.74, 6) is 0.889. The second-order valence-corrected chi connectivity index (χ2v) is 12.7. The van der Waals surface area contributed by atoms with E-state index >= 15 is 0 Å². The molecule has 0 fully saturated rings. The van der Waals surface area contributed by atoms with Gasteiger partial charge in [0.2, 0.25) is 0 Å². The van der Waals surface area contributed by atoms with E-state index in [1.54, 1.807) is 0 Å². The maximum Gasteiger partial charge on any atom is 0.0945 e. The molecule has 2 aromatic rings. The van der Waals surface area contributed by atoms with Crippen molar-refractivity contribution in [3.05, 3.63) is 58.7 Å². The van der Waals surface area contributed by atoms with Crippen LogP contribution in [0.1, 0.15) is 128 Å². The molecule has 5 nitrogen and oxygen atoms in total. The molecule has 0 spiro atoms. The summed E-state index contributed by atoms with van der Waals surface area (Å²) >= 11 is 0. The van der Waals surface area contributed by atoms with Gasteiger partial charge in [0.05, 0.1) is 32.9 Å². The normalized spacial score (nSPS) is 13.5. The van der Waals surface area contributed by atoms with E-state index < -0.39 is 10.1 Å². The average Bonchev–Trinajstić information content (AvgIpc) is 2.79. The number of hydrogen-bond acceptors (Lipinski definition) is 5. The van der Waals surface area contributed by atoms with Gasteiger partial charge in [0.15, 0.2) is 0 Å². The second-order valence-electron chi connectivity index (χ2n) is 11.2. The number of rotatable bonds is 12. The Labute approximate surface area is 225 Å². The number of aliphatic imine (C=N–C) groups is 2. The lowest BCUT2D eigenvalue weighted by atomic mass is 9.92. The molecule has 0 N–H and O–H groups in total. The lowest BCUT2D eigenvalue weighted by Gasteiger charge is -2.19. The van der Waals surface area contributed by atoms with Crippen LogP contribution in [0.15, 0.2) is 46.4 Å². The monoisotopic (exact) mass is 525 g/mol. The molecule has 0 aliphatic heterocycles. The van der Waals surface area contributed by atoms with Crippen molar-refractivity contribution in [1.82, 2.24) is 0 Å². The first-order valence-electron chi connectivity index (χ1n) is 13.5. The van der Waals surface area contributed by atoms with Crippen molar-refractivity contribution in [2.24, 2.45) is 9.98 Å². The molecule has 0 unspecified atom stereocenters. The molecule has 2 rings (SSSR count). The molecular formula is C31H45N2O3S-. The van der Waals surface area contributed by atoms with E-state index in [1.807, 2.05) is 6.92 Å². The molecule has 0 aliphatic carbocycles. The summed E-state index contributed by atoms with van der Waals surface area (Å²) in [6, 6.07) is 12.7. The van der Waals surface area contributed by atoms with Gasteiger partial charge in [-0.05, 0) is 72.1 Å². The number of para-hydroxylation sites is 2. The standard InChI is InChI=1S/C31H46N2O3S/c1-20(2)25-14-12-15-26(21(3)4)30(25)32-24(9)29(18-10-11-19-37(34,35)36)33-31-27(22(5)6)16-13-17-28(31)23(7)8/h12-17,20-23H,10-11,18-19H2,1-9H3,(H,34,35,36)/p-1. The number of benzene rings is 2. The van der Waals surface area contributed by atoms with E-state index in [9.17, 15) is 13.0 Å². The van der Waals surface area contributed by atoms with Crippen LogP contribution in [0.25, 0.3) is 0 Å². The van der Waals surface area contributed by atoms with Gasteiger partial charge in [-0.15, -0.1) is 0 Å². The third kappa shape index (κ3) is 8.89. The number of hydrogen-bond donors (Lipinski definition) is 0. The molecule has 0 saturated carbocycles. The first-order chi connectivity index (χ1) is 17.2. The Morgan fingerprint density at radius 2 is 1.08 bits per heavy atom. The lowest BCUT2D eigenvalue weighted by molar-refractivity contribution is 0.460. The second kappa shape index (κ2) is 13.5. The van der Waals surface area contributed by atoms with E-state index in [0.717, 1.165) is 22.8 Å². The van der Waals surface area contributed by atoms with Crippen LogP contribution in [0.3, 0.4) is 0 Å². The van der Waals surface area contributed by atoms with Gasteiger partial charge in [0.1, 0.15) is 0 Å². The maximum atomic E-state index is 11.2. The molecule has 0 aliphatic rings. The van der Waals surface area contributed by atoms with Crippen LogP contribution in [-0.2, 0) is 10.1 Å². The molecule has 0 amide bonds. The number of nitrogens with zero attached hydrogens (tertiary/aromatic N) is 2. The zero-order chi connectivity index (χ0) is 27.9. The summed E-state index contributed by atoms with van der Waals surface area (Å²) in [5, 5.41) is 0. The number of unbranched alkanes of at least 4 members (excludes halogenated alkanes) is 1.